The molecule has 0 N–H and O–H groups in total. The number of halogens is 1. The van der Waals surface area contributed by atoms with Gasteiger partial charge in [0.15, 0.2) is 0 Å². The Hall–Kier alpha value is 0.0369. The van der Waals surface area contributed by atoms with Crippen molar-refractivity contribution in [1.82, 2.24) is 0 Å². The highest BCUT2D eigenvalue weighted by Crippen LogP contribution is 2.20. The van der Waals surface area contributed by atoms with Crippen LogP contribution in [-0.4, -0.2) is 31.2 Å². The minimum atomic E-state index is -3.14. The van der Waals surface area contributed by atoms with Crippen LogP contribution >= 0.6 is 21.2 Å². The molecule has 0 aliphatic heterocycles. The Morgan fingerprint density at radius 3 is 2.06 bits per heavy atom. The van der Waals surface area contributed by atoms with Gasteiger partial charge in [-0.3, -0.25) is 0 Å². The molecule has 0 aliphatic carbocycles. The van der Waals surface area contributed by atoms with E-state index < -0.39 is 15.6 Å². The van der Waals surface area contributed by atoms with Crippen LogP contribution in [0.4, 0.5) is 0 Å². The third-order valence-corrected chi connectivity index (χ3v) is 8.18. The van der Waals surface area contributed by atoms with E-state index in [1.807, 2.05) is 18.7 Å². The molecule has 7 heteroatoms. The summed E-state index contributed by atoms with van der Waals surface area (Å²) < 4.78 is 33.4. The molecule has 0 unspecified atom stereocenters. The maximum atomic E-state index is 11.3. The molecule has 0 aliphatic rings. The van der Waals surface area contributed by atoms with Crippen molar-refractivity contribution in [3.8, 4) is 0 Å². The van der Waals surface area contributed by atoms with E-state index in [1.165, 1.54) is 21.2 Å². The topological polar surface area (TPSA) is 52.6 Å². The Morgan fingerprint density at radius 1 is 1.17 bits per heavy atom. The molecule has 4 nitrogen and oxygen atoms in total. The fourth-order valence-corrected chi connectivity index (χ4v) is 4.14. The predicted octanol–water partition coefficient (Wildman–Crippen LogP) is 2.72. The first-order valence-corrected chi connectivity index (χ1v) is 12.0. The Kier molecular flexibility index (Phi) is 5.78. The van der Waals surface area contributed by atoms with Gasteiger partial charge in [0.05, 0.1) is 26.1 Å². The summed E-state index contributed by atoms with van der Waals surface area (Å²) in [6, 6.07) is 7.79. The van der Waals surface area contributed by atoms with Gasteiger partial charge in [0.1, 0.15) is 0 Å². The van der Waals surface area contributed by atoms with Gasteiger partial charge < -0.3 is 8.85 Å². The molecule has 0 bridgehead atoms. The Morgan fingerprint density at radius 2 is 1.67 bits per heavy atom. The van der Waals surface area contributed by atoms with Crippen LogP contribution in [0.2, 0.25) is 12.6 Å². The molecular formula is C11H17IO4SSi. The molecule has 0 radical (unpaired) electrons. The third kappa shape index (κ3) is 4.61. The summed E-state index contributed by atoms with van der Waals surface area (Å²) in [6.45, 7) is 2.01. The highest BCUT2D eigenvalue weighted by atomic mass is 127. The highest BCUT2D eigenvalue weighted by molar-refractivity contribution is 14.2. The van der Waals surface area contributed by atoms with Crippen molar-refractivity contribution in [3.63, 3.8) is 0 Å². The van der Waals surface area contributed by atoms with Crippen LogP contribution in [0, 0.1) is 0 Å². The van der Waals surface area contributed by atoms with E-state index in [-0.39, 0.29) is 0 Å². The largest absolute Gasteiger partial charge is 0.398 e. The van der Waals surface area contributed by atoms with Gasteiger partial charge in [0.2, 0.25) is 7.01 Å². The summed E-state index contributed by atoms with van der Waals surface area (Å²) >= 11 is 1.44. The first-order chi connectivity index (χ1) is 8.30. The molecule has 0 atom stereocenters. The summed E-state index contributed by atoms with van der Waals surface area (Å²) in [5.74, 6) is 0. The van der Waals surface area contributed by atoms with E-state index in [9.17, 15) is 8.42 Å². The molecule has 1 aromatic rings. The van der Waals surface area contributed by atoms with Crippen LogP contribution in [0.25, 0.3) is 0 Å². The van der Waals surface area contributed by atoms with Crippen molar-refractivity contribution < 1.29 is 17.3 Å². The number of benzene rings is 1. The van der Waals surface area contributed by atoms with E-state index in [4.69, 9.17) is 8.85 Å². The average molecular weight is 400 g/mol. The monoisotopic (exact) mass is 400 g/mol. The summed E-state index contributed by atoms with van der Waals surface area (Å²) in [5, 5.41) is 0. The van der Waals surface area contributed by atoms with Gasteiger partial charge in [-0.25, -0.2) is 8.42 Å². The van der Waals surface area contributed by atoms with E-state index in [1.54, 1.807) is 26.4 Å². The minimum absolute atomic E-state index is 0.338. The number of hydrogen-bond acceptors (Lipinski definition) is 4. The van der Waals surface area contributed by atoms with E-state index in [0.717, 1.165) is 18.0 Å². The van der Waals surface area contributed by atoms with Gasteiger partial charge in [-0.1, -0.05) is 12.1 Å². The van der Waals surface area contributed by atoms with Crippen LogP contribution in [0.3, 0.4) is 0 Å². The number of aryl methyl sites for hydroxylation is 1. The molecule has 102 valence electrons. The molecule has 1 aromatic carbocycles. The molecule has 1 rings (SSSR count). The molecule has 0 fully saturated rings. The predicted molar refractivity (Wildman–Crippen MR) is 81.8 cm³/mol. The summed E-state index contributed by atoms with van der Waals surface area (Å²) in [7, 11) is -1.86. The molecular weight excluding hydrogens is 383 g/mol. The summed E-state index contributed by atoms with van der Waals surface area (Å²) in [4.78, 5) is 0.338. The number of rotatable bonds is 6. The maximum absolute atomic E-state index is 11.3. The van der Waals surface area contributed by atoms with Gasteiger partial charge in [0, 0.05) is 14.2 Å². The van der Waals surface area contributed by atoms with Crippen molar-refractivity contribution in [2.45, 2.75) is 23.9 Å². The van der Waals surface area contributed by atoms with E-state index >= 15 is 0 Å². The molecule has 0 spiro atoms. The van der Waals surface area contributed by atoms with Crippen LogP contribution in [0.15, 0.2) is 29.2 Å². The van der Waals surface area contributed by atoms with Crippen molar-refractivity contribution in [2.75, 3.05) is 14.2 Å². The second-order valence-electron chi connectivity index (χ2n) is 4.12. The first-order valence-electron chi connectivity index (χ1n) is 5.44. The van der Waals surface area contributed by atoms with Gasteiger partial charge in [-0.05, 0) is 36.7 Å². The van der Waals surface area contributed by atoms with E-state index in [0.29, 0.717) is 4.90 Å². The number of hydrogen-bond donors (Lipinski definition) is 0. The van der Waals surface area contributed by atoms with Crippen molar-refractivity contribution >= 4 is 36.8 Å². The fourth-order valence-electron chi connectivity index (χ4n) is 1.48. The van der Waals surface area contributed by atoms with Gasteiger partial charge >= 0.3 is 8.56 Å². The normalized spacial score (nSPS) is 12.7. The van der Waals surface area contributed by atoms with Gasteiger partial charge in [-0.2, -0.15) is 0 Å². The Bertz CT molecular complexity index is 482. The minimum Gasteiger partial charge on any atom is -0.398 e. The molecule has 0 amide bonds. The third-order valence-electron chi connectivity index (χ3n) is 2.94. The molecule has 0 aromatic heterocycles. The van der Waals surface area contributed by atoms with Crippen molar-refractivity contribution in [3.05, 3.63) is 29.8 Å². The Balaban J connectivity index is 2.71. The lowest BCUT2D eigenvalue weighted by atomic mass is 10.2. The van der Waals surface area contributed by atoms with Gasteiger partial charge in [0.25, 0.3) is 0 Å². The lowest BCUT2D eigenvalue weighted by Gasteiger charge is -2.22. The van der Waals surface area contributed by atoms with E-state index in [2.05, 4.69) is 0 Å². The molecule has 18 heavy (non-hydrogen) atoms. The SMILES string of the molecule is CO[Si](C)(CCc1ccc(S(=O)(=O)I)cc1)OC. The fraction of sp³-hybridized carbons (Fsp3) is 0.455. The lowest BCUT2D eigenvalue weighted by Crippen LogP contribution is -2.36. The van der Waals surface area contributed by atoms with Crippen molar-refractivity contribution in [2.24, 2.45) is 0 Å². The quantitative estimate of drug-likeness (QED) is 0.419. The second kappa shape index (κ2) is 6.46. The average Bonchev–Trinajstić information content (AvgIpc) is 2.35. The molecule has 0 heterocycles. The standard InChI is InChI=1S/C11H17IO4SSi/c1-15-18(3,16-2)9-8-10-4-6-11(7-5-10)17(12,13)14/h4-7H,8-9H2,1-3H3. The summed E-state index contributed by atoms with van der Waals surface area (Å²) in [6.07, 6.45) is 0.825. The van der Waals surface area contributed by atoms with Crippen LogP contribution in [0.5, 0.6) is 0 Å². The van der Waals surface area contributed by atoms with Crippen LogP contribution < -0.4 is 0 Å². The smallest absolute Gasteiger partial charge is 0.334 e. The summed E-state index contributed by atoms with van der Waals surface area (Å²) in [5.41, 5.74) is 1.09. The first kappa shape index (κ1) is 16.1. The zero-order valence-electron chi connectivity index (χ0n) is 10.6. The van der Waals surface area contributed by atoms with Gasteiger partial charge in [-0.15, -0.1) is 0 Å². The zero-order valence-corrected chi connectivity index (χ0v) is 14.6. The Labute approximate surface area is 121 Å². The second-order valence-corrected chi connectivity index (χ2v) is 12.5. The van der Waals surface area contributed by atoms with Crippen LogP contribution in [0.1, 0.15) is 5.56 Å². The maximum Gasteiger partial charge on any atom is 0.334 e. The highest BCUT2D eigenvalue weighted by Gasteiger charge is 2.27. The lowest BCUT2D eigenvalue weighted by molar-refractivity contribution is 0.249. The van der Waals surface area contributed by atoms with Crippen LogP contribution in [-0.2, 0) is 22.3 Å². The zero-order chi connectivity index (χ0) is 13.8. The van der Waals surface area contributed by atoms with Crippen molar-refractivity contribution in [1.29, 1.82) is 0 Å². The molecule has 0 saturated carbocycles. The molecule has 0 saturated heterocycles.